The Kier molecular flexibility index (Phi) is 4.24. The van der Waals surface area contributed by atoms with Crippen LogP contribution in [0, 0.1) is 16.7 Å². The van der Waals surface area contributed by atoms with Crippen molar-refractivity contribution >= 4 is 10.2 Å². The molecular formula is C14H29N3O2S. The van der Waals surface area contributed by atoms with Gasteiger partial charge in [-0.15, -0.1) is 0 Å². The maximum Gasteiger partial charge on any atom is 0.279 e. The lowest BCUT2D eigenvalue weighted by molar-refractivity contribution is 0.267. The molecule has 0 atom stereocenters. The zero-order chi connectivity index (χ0) is 15.2. The van der Waals surface area contributed by atoms with E-state index in [1.54, 1.807) is 4.31 Å². The number of hydrogen-bond acceptors (Lipinski definition) is 3. The predicted molar refractivity (Wildman–Crippen MR) is 81.6 cm³/mol. The molecule has 1 aliphatic carbocycles. The van der Waals surface area contributed by atoms with Crippen LogP contribution in [0.25, 0.3) is 0 Å². The van der Waals surface area contributed by atoms with Crippen molar-refractivity contribution < 1.29 is 8.42 Å². The van der Waals surface area contributed by atoms with Gasteiger partial charge < -0.3 is 5.32 Å². The van der Waals surface area contributed by atoms with Crippen molar-refractivity contribution in [3.8, 4) is 0 Å². The summed E-state index contributed by atoms with van der Waals surface area (Å²) in [5.74, 6) is 0.597. The van der Waals surface area contributed by atoms with Crippen LogP contribution >= 0.6 is 0 Å². The summed E-state index contributed by atoms with van der Waals surface area (Å²) >= 11 is 0. The summed E-state index contributed by atoms with van der Waals surface area (Å²) in [6, 6.07) is 0.0371. The normalized spacial score (nSPS) is 27.6. The first kappa shape index (κ1) is 16.2. The van der Waals surface area contributed by atoms with Gasteiger partial charge in [0, 0.05) is 19.1 Å². The van der Waals surface area contributed by atoms with Crippen LogP contribution in [0.4, 0.5) is 0 Å². The lowest BCUT2D eigenvalue weighted by Gasteiger charge is -2.31. The Hall–Kier alpha value is -0.170. The fraction of sp³-hybridized carbons (Fsp3) is 1.00. The first-order valence-electron chi connectivity index (χ1n) is 7.55. The van der Waals surface area contributed by atoms with E-state index in [9.17, 15) is 8.42 Å². The zero-order valence-corrected chi connectivity index (χ0v) is 14.2. The van der Waals surface area contributed by atoms with Crippen molar-refractivity contribution in [1.82, 2.24) is 14.3 Å². The third-order valence-corrected chi connectivity index (χ3v) is 7.27. The van der Waals surface area contributed by atoms with Crippen LogP contribution in [0.15, 0.2) is 0 Å². The SMILES string of the molecule is CNCC1CCN(S(=O)(=O)NC2C(C)(C)C2(C)C)CC1. The Bertz CT molecular complexity index is 437. The third kappa shape index (κ3) is 2.75. The van der Waals surface area contributed by atoms with Gasteiger partial charge in [0.2, 0.25) is 0 Å². The highest BCUT2D eigenvalue weighted by Crippen LogP contribution is 2.62. The maximum absolute atomic E-state index is 12.5. The standard InChI is InChI=1S/C14H29N3O2S/c1-13(2)12(14(13,3)4)16-20(18,19)17-8-6-11(7-9-17)10-15-5/h11-12,15-16H,6-10H2,1-5H3. The number of piperidine rings is 1. The lowest BCUT2D eigenvalue weighted by Crippen LogP contribution is -2.47. The number of hydrogen-bond donors (Lipinski definition) is 2. The molecule has 2 aliphatic rings. The van der Waals surface area contributed by atoms with Gasteiger partial charge in [-0.1, -0.05) is 27.7 Å². The molecule has 0 aromatic heterocycles. The molecule has 0 amide bonds. The molecule has 0 aromatic rings. The van der Waals surface area contributed by atoms with Crippen LogP contribution in [0.1, 0.15) is 40.5 Å². The van der Waals surface area contributed by atoms with Gasteiger partial charge >= 0.3 is 0 Å². The van der Waals surface area contributed by atoms with Crippen LogP contribution in [0.3, 0.4) is 0 Å². The fourth-order valence-electron chi connectivity index (χ4n) is 3.36. The summed E-state index contributed by atoms with van der Waals surface area (Å²) in [5, 5.41) is 3.17. The molecule has 0 aromatic carbocycles. The van der Waals surface area contributed by atoms with E-state index >= 15 is 0 Å². The minimum absolute atomic E-state index is 0.0323. The average molecular weight is 303 g/mol. The van der Waals surface area contributed by atoms with E-state index in [0.29, 0.717) is 19.0 Å². The minimum atomic E-state index is -3.34. The van der Waals surface area contributed by atoms with E-state index in [1.165, 1.54) is 0 Å². The van der Waals surface area contributed by atoms with Gasteiger partial charge in [0.25, 0.3) is 10.2 Å². The predicted octanol–water partition coefficient (Wildman–Crippen LogP) is 1.19. The first-order valence-corrected chi connectivity index (χ1v) is 8.99. The molecule has 5 nitrogen and oxygen atoms in total. The van der Waals surface area contributed by atoms with Gasteiger partial charge in [0.15, 0.2) is 0 Å². The molecule has 1 saturated heterocycles. The molecule has 1 saturated carbocycles. The van der Waals surface area contributed by atoms with Gasteiger partial charge in [-0.05, 0) is 43.2 Å². The second-order valence-electron chi connectivity index (χ2n) is 7.40. The fourth-order valence-corrected chi connectivity index (χ4v) is 5.08. The Morgan fingerprint density at radius 2 is 1.60 bits per heavy atom. The lowest BCUT2D eigenvalue weighted by atomic mass is 9.98. The average Bonchev–Trinajstić information content (AvgIpc) is 2.72. The van der Waals surface area contributed by atoms with Gasteiger partial charge in [0.05, 0.1) is 0 Å². The van der Waals surface area contributed by atoms with Crippen molar-refractivity contribution in [2.24, 2.45) is 16.7 Å². The maximum atomic E-state index is 12.5. The first-order chi connectivity index (χ1) is 9.13. The molecule has 0 unspecified atom stereocenters. The summed E-state index contributed by atoms with van der Waals surface area (Å²) in [4.78, 5) is 0. The molecule has 1 aliphatic heterocycles. The number of rotatable bonds is 5. The summed E-state index contributed by atoms with van der Waals surface area (Å²) in [6.07, 6.45) is 1.89. The van der Waals surface area contributed by atoms with Crippen molar-refractivity contribution in [3.63, 3.8) is 0 Å². The van der Waals surface area contributed by atoms with Crippen LogP contribution in [-0.4, -0.2) is 45.4 Å². The highest BCUT2D eigenvalue weighted by atomic mass is 32.2. The monoisotopic (exact) mass is 303 g/mol. The van der Waals surface area contributed by atoms with E-state index in [4.69, 9.17) is 0 Å². The molecule has 2 N–H and O–H groups in total. The topological polar surface area (TPSA) is 61.4 Å². The highest BCUT2D eigenvalue weighted by molar-refractivity contribution is 7.87. The van der Waals surface area contributed by atoms with E-state index in [1.807, 2.05) is 7.05 Å². The quantitative estimate of drug-likeness (QED) is 0.802. The Morgan fingerprint density at radius 3 is 2.00 bits per heavy atom. The molecule has 6 heteroatoms. The van der Waals surface area contributed by atoms with Gasteiger partial charge in [-0.3, -0.25) is 0 Å². The van der Waals surface area contributed by atoms with E-state index in [0.717, 1.165) is 19.4 Å². The van der Waals surface area contributed by atoms with Crippen molar-refractivity contribution in [3.05, 3.63) is 0 Å². The molecule has 1 heterocycles. The zero-order valence-electron chi connectivity index (χ0n) is 13.4. The second kappa shape index (κ2) is 5.23. The summed E-state index contributed by atoms with van der Waals surface area (Å²) in [7, 11) is -1.39. The van der Waals surface area contributed by atoms with E-state index in [2.05, 4.69) is 37.7 Å². The molecule has 2 fully saturated rings. The van der Waals surface area contributed by atoms with Crippen LogP contribution < -0.4 is 10.0 Å². The molecule has 2 rings (SSSR count). The highest BCUT2D eigenvalue weighted by Gasteiger charge is 2.66. The molecule has 0 bridgehead atoms. The van der Waals surface area contributed by atoms with Crippen LogP contribution in [-0.2, 0) is 10.2 Å². The smallest absolute Gasteiger partial charge is 0.279 e. The van der Waals surface area contributed by atoms with E-state index in [-0.39, 0.29) is 16.9 Å². The molecule has 0 spiro atoms. The van der Waals surface area contributed by atoms with Crippen LogP contribution in [0.2, 0.25) is 0 Å². The summed E-state index contributed by atoms with van der Waals surface area (Å²) in [6.45, 7) is 10.7. The Labute approximate surface area is 123 Å². The summed E-state index contributed by atoms with van der Waals surface area (Å²) < 4.78 is 29.5. The molecule has 118 valence electrons. The largest absolute Gasteiger partial charge is 0.319 e. The van der Waals surface area contributed by atoms with Gasteiger partial charge in [-0.2, -0.15) is 17.4 Å². The Morgan fingerprint density at radius 1 is 1.10 bits per heavy atom. The number of nitrogens with zero attached hydrogens (tertiary/aromatic N) is 1. The van der Waals surface area contributed by atoms with Crippen molar-refractivity contribution in [2.45, 2.75) is 46.6 Å². The molecule has 0 radical (unpaired) electrons. The molecule has 20 heavy (non-hydrogen) atoms. The van der Waals surface area contributed by atoms with Gasteiger partial charge in [-0.25, -0.2) is 0 Å². The summed E-state index contributed by atoms with van der Waals surface area (Å²) in [5.41, 5.74) is 0.0645. The molecular weight excluding hydrogens is 274 g/mol. The van der Waals surface area contributed by atoms with Crippen molar-refractivity contribution in [2.75, 3.05) is 26.7 Å². The van der Waals surface area contributed by atoms with Crippen LogP contribution in [0.5, 0.6) is 0 Å². The van der Waals surface area contributed by atoms with E-state index < -0.39 is 10.2 Å². The number of nitrogens with one attached hydrogen (secondary N) is 2. The second-order valence-corrected chi connectivity index (χ2v) is 9.10. The Balaban J connectivity index is 1.93. The third-order valence-electron chi connectivity index (χ3n) is 5.69. The van der Waals surface area contributed by atoms with Gasteiger partial charge in [0.1, 0.15) is 0 Å². The minimum Gasteiger partial charge on any atom is -0.319 e. The van der Waals surface area contributed by atoms with Crippen molar-refractivity contribution in [1.29, 1.82) is 0 Å².